The average molecular weight is 321 g/mol. The molecule has 24 heavy (non-hydrogen) atoms. The number of benzene rings is 2. The lowest BCUT2D eigenvalue weighted by Crippen LogP contribution is -2.29. The van der Waals surface area contributed by atoms with Crippen LogP contribution >= 0.6 is 0 Å². The molecule has 1 saturated heterocycles. The lowest BCUT2D eigenvalue weighted by molar-refractivity contribution is 0.104. The zero-order chi connectivity index (χ0) is 16.8. The van der Waals surface area contributed by atoms with Crippen molar-refractivity contribution in [1.29, 1.82) is 0 Å². The molecule has 0 spiro atoms. The molecule has 1 fully saturated rings. The van der Waals surface area contributed by atoms with Crippen LogP contribution in [0.2, 0.25) is 0 Å². The average Bonchev–Trinajstić information content (AvgIpc) is 2.67. The van der Waals surface area contributed by atoms with Crippen LogP contribution < -0.4 is 9.64 Å². The Morgan fingerprint density at radius 1 is 1.00 bits per heavy atom. The van der Waals surface area contributed by atoms with Crippen molar-refractivity contribution < 1.29 is 9.53 Å². The number of carbonyl (C=O) groups excluding carboxylic acids is 1. The zero-order valence-electron chi connectivity index (χ0n) is 14.1. The molecule has 0 aromatic heterocycles. The molecule has 0 unspecified atom stereocenters. The van der Waals surface area contributed by atoms with Gasteiger partial charge in [0.05, 0.1) is 7.11 Å². The van der Waals surface area contributed by atoms with Gasteiger partial charge in [0, 0.05) is 29.9 Å². The Labute approximate surface area is 143 Å². The first-order valence-electron chi connectivity index (χ1n) is 8.48. The van der Waals surface area contributed by atoms with Crippen LogP contribution in [0.1, 0.15) is 35.2 Å². The predicted molar refractivity (Wildman–Crippen MR) is 98.9 cm³/mol. The summed E-state index contributed by atoms with van der Waals surface area (Å²) in [5.41, 5.74) is 2.82. The molecule has 2 aromatic rings. The number of allylic oxidation sites excluding steroid dienone is 1. The van der Waals surface area contributed by atoms with Crippen molar-refractivity contribution in [2.24, 2.45) is 0 Å². The Morgan fingerprint density at radius 2 is 1.71 bits per heavy atom. The Bertz CT molecular complexity index is 713. The Hall–Kier alpha value is -2.55. The highest BCUT2D eigenvalue weighted by Crippen LogP contribution is 2.21. The summed E-state index contributed by atoms with van der Waals surface area (Å²) in [6, 6.07) is 15.6. The van der Waals surface area contributed by atoms with Crippen LogP contribution in [-0.4, -0.2) is 26.0 Å². The Morgan fingerprint density at radius 3 is 2.42 bits per heavy atom. The van der Waals surface area contributed by atoms with Crippen LogP contribution in [0.4, 0.5) is 5.69 Å². The number of ether oxygens (including phenoxy) is 1. The molecular weight excluding hydrogens is 298 g/mol. The van der Waals surface area contributed by atoms with Crippen LogP contribution in [0.15, 0.2) is 54.6 Å². The molecule has 0 aliphatic carbocycles. The maximum Gasteiger partial charge on any atom is 0.185 e. The van der Waals surface area contributed by atoms with Gasteiger partial charge < -0.3 is 9.64 Å². The van der Waals surface area contributed by atoms with E-state index in [0.717, 1.165) is 24.4 Å². The number of hydrogen-bond donors (Lipinski definition) is 0. The number of piperidine rings is 1. The first-order valence-corrected chi connectivity index (χ1v) is 8.48. The van der Waals surface area contributed by atoms with E-state index in [4.69, 9.17) is 4.74 Å². The minimum Gasteiger partial charge on any atom is -0.496 e. The van der Waals surface area contributed by atoms with E-state index < -0.39 is 0 Å². The van der Waals surface area contributed by atoms with Gasteiger partial charge in [0.15, 0.2) is 5.78 Å². The minimum atomic E-state index is 0.00565. The fraction of sp³-hybridized carbons (Fsp3) is 0.286. The summed E-state index contributed by atoms with van der Waals surface area (Å²) in [4.78, 5) is 14.8. The molecule has 0 atom stereocenters. The first-order chi connectivity index (χ1) is 11.8. The van der Waals surface area contributed by atoms with E-state index in [0.29, 0.717) is 5.56 Å². The van der Waals surface area contributed by atoms with E-state index in [1.54, 1.807) is 19.3 Å². The van der Waals surface area contributed by atoms with E-state index in [9.17, 15) is 4.79 Å². The second-order valence-electron chi connectivity index (χ2n) is 6.03. The van der Waals surface area contributed by atoms with Crippen molar-refractivity contribution >= 4 is 17.5 Å². The van der Waals surface area contributed by atoms with Gasteiger partial charge in [-0.15, -0.1) is 0 Å². The molecule has 0 bridgehead atoms. The number of hydrogen-bond acceptors (Lipinski definition) is 3. The zero-order valence-corrected chi connectivity index (χ0v) is 14.1. The van der Waals surface area contributed by atoms with Crippen molar-refractivity contribution in [2.75, 3.05) is 25.1 Å². The smallest absolute Gasteiger partial charge is 0.185 e. The fourth-order valence-corrected chi connectivity index (χ4v) is 3.05. The van der Waals surface area contributed by atoms with Crippen molar-refractivity contribution in [3.8, 4) is 5.75 Å². The Kier molecular flexibility index (Phi) is 5.32. The minimum absolute atomic E-state index is 0.00565. The van der Waals surface area contributed by atoms with Crippen molar-refractivity contribution in [2.45, 2.75) is 19.3 Å². The molecule has 124 valence electrons. The third-order valence-corrected chi connectivity index (χ3v) is 4.43. The molecule has 3 heteroatoms. The van der Waals surface area contributed by atoms with Gasteiger partial charge in [-0.25, -0.2) is 0 Å². The molecule has 1 aliphatic rings. The topological polar surface area (TPSA) is 29.5 Å². The van der Waals surface area contributed by atoms with E-state index >= 15 is 0 Å². The fourth-order valence-electron chi connectivity index (χ4n) is 3.05. The maximum absolute atomic E-state index is 12.4. The van der Waals surface area contributed by atoms with Crippen molar-refractivity contribution in [3.05, 3.63) is 65.7 Å². The molecule has 3 rings (SSSR count). The van der Waals surface area contributed by atoms with Crippen LogP contribution in [0.3, 0.4) is 0 Å². The van der Waals surface area contributed by atoms with Gasteiger partial charge in [-0.1, -0.05) is 18.2 Å². The number of ketones is 1. The predicted octanol–water partition coefficient (Wildman–Crippen LogP) is 4.58. The molecule has 0 N–H and O–H groups in total. The summed E-state index contributed by atoms with van der Waals surface area (Å²) in [7, 11) is 1.63. The summed E-state index contributed by atoms with van der Waals surface area (Å²) in [6.07, 6.45) is 7.24. The first kappa shape index (κ1) is 16.3. The molecule has 3 nitrogen and oxygen atoms in total. The molecule has 0 radical (unpaired) electrons. The standard InChI is InChI=1S/C21H23NO2/c1-24-21-8-4-3-7-18(21)11-14-20(23)17-9-12-19(13-10-17)22-15-5-2-6-16-22/h3-4,7-14H,2,5-6,15-16H2,1H3/b14-11+. The molecular formula is C21H23NO2. The lowest BCUT2D eigenvalue weighted by Gasteiger charge is -2.28. The van der Waals surface area contributed by atoms with Gasteiger partial charge in [0.2, 0.25) is 0 Å². The third-order valence-electron chi connectivity index (χ3n) is 4.43. The molecule has 2 aromatic carbocycles. The number of methoxy groups -OCH3 is 1. The van der Waals surface area contributed by atoms with Crippen LogP contribution in [0.5, 0.6) is 5.75 Å². The molecule has 1 heterocycles. The summed E-state index contributed by atoms with van der Waals surface area (Å²) in [5.74, 6) is 0.771. The van der Waals surface area contributed by atoms with Gasteiger partial charge in [-0.2, -0.15) is 0 Å². The highest BCUT2D eigenvalue weighted by Gasteiger charge is 2.11. The van der Waals surface area contributed by atoms with Crippen molar-refractivity contribution in [1.82, 2.24) is 0 Å². The number of carbonyl (C=O) groups is 1. The summed E-state index contributed by atoms with van der Waals surface area (Å²) >= 11 is 0. The van der Waals surface area contributed by atoms with Crippen LogP contribution in [-0.2, 0) is 0 Å². The summed E-state index contributed by atoms with van der Waals surface area (Å²) < 4.78 is 5.30. The van der Waals surface area contributed by atoms with Gasteiger partial charge in [-0.3, -0.25) is 4.79 Å². The Balaban J connectivity index is 1.69. The monoisotopic (exact) mass is 321 g/mol. The van der Waals surface area contributed by atoms with Gasteiger partial charge in [-0.05, 0) is 61.7 Å². The van der Waals surface area contributed by atoms with Crippen LogP contribution in [0, 0.1) is 0 Å². The summed E-state index contributed by atoms with van der Waals surface area (Å²) in [6.45, 7) is 2.22. The quantitative estimate of drug-likeness (QED) is 0.596. The van der Waals surface area contributed by atoms with Gasteiger partial charge >= 0.3 is 0 Å². The number of nitrogens with zero attached hydrogens (tertiary/aromatic N) is 1. The number of para-hydroxylation sites is 1. The highest BCUT2D eigenvalue weighted by atomic mass is 16.5. The summed E-state index contributed by atoms with van der Waals surface area (Å²) in [5, 5.41) is 0. The largest absolute Gasteiger partial charge is 0.496 e. The number of rotatable bonds is 5. The van der Waals surface area contributed by atoms with E-state index in [-0.39, 0.29) is 5.78 Å². The lowest BCUT2D eigenvalue weighted by atomic mass is 10.1. The second kappa shape index (κ2) is 7.82. The molecule has 0 amide bonds. The molecule has 0 saturated carbocycles. The molecule has 1 aliphatic heterocycles. The van der Waals surface area contributed by atoms with Gasteiger partial charge in [0.1, 0.15) is 5.75 Å². The third kappa shape index (κ3) is 3.85. The highest BCUT2D eigenvalue weighted by molar-refractivity contribution is 6.07. The van der Waals surface area contributed by atoms with Crippen LogP contribution in [0.25, 0.3) is 6.08 Å². The van der Waals surface area contributed by atoms with E-state index in [1.807, 2.05) is 36.4 Å². The SMILES string of the molecule is COc1ccccc1/C=C/C(=O)c1ccc(N2CCCCC2)cc1. The van der Waals surface area contributed by atoms with E-state index in [1.165, 1.54) is 24.9 Å². The van der Waals surface area contributed by atoms with Crippen molar-refractivity contribution in [3.63, 3.8) is 0 Å². The maximum atomic E-state index is 12.4. The normalized spacial score (nSPS) is 14.8. The second-order valence-corrected chi connectivity index (χ2v) is 6.03. The van der Waals surface area contributed by atoms with Gasteiger partial charge in [0.25, 0.3) is 0 Å². The number of anilines is 1. The van der Waals surface area contributed by atoms with E-state index in [2.05, 4.69) is 17.0 Å².